The highest BCUT2D eigenvalue weighted by atomic mass is 16.6. The van der Waals surface area contributed by atoms with Gasteiger partial charge in [0.05, 0.1) is 13.1 Å². The first-order chi connectivity index (χ1) is 9.40. The Kier molecular flexibility index (Phi) is 4.18. The second-order valence-electron chi connectivity index (χ2n) is 5.83. The van der Waals surface area contributed by atoms with Gasteiger partial charge in [-0.15, -0.1) is 0 Å². The molecule has 1 fully saturated rings. The Morgan fingerprint density at radius 3 is 2.55 bits per heavy atom. The average Bonchev–Trinajstić information content (AvgIpc) is 2.39. The quantitative estimate of drug-likeness (QED) is 0.721. The maximum Gasteiger partial charge on any atom is 0.342 e. The molecule has 0 aliphatic carbocycles. The van der Waals surface area contributed by atoms with Gasteiger partial charge in [0.15, 0.2) is 0 Å². The van der Waals surface area contributed by atoms with Crippen molar-refractivity contribution in [3.63, 3.8) is 0 Å². The van der Waals surface area contributed by atoms with Crippen LogP contribution in [-0.4, -0.2) is 34.9 Å². The van der Waals surface area contributed by atoms with Gasteiger partial charge in [0.1, 0.15) is 22.7 Å². The Hall–Kier alpha value is -1.75. The summed E-state index contributed by atoms with van der Waals surface area (Å²) in [5.41, 5.74) is -0.478. The van der Waals surface area contributed by atoms with Gasteiger partial charge < -0.3 is 20.3 Å². The molecule has 110 valence electrons. The summed E-state index contributed by atoms with van der Waals surface area (Å²) in [4.78, 5) is 12.2. The lowest BCUT2D eigenvalue weighted by Crippen LogP contribution is -2.86. The fourth-order valence-electron chi connectivity index (χ4n) is 2.69. The second kappa shape index (κ2) is 5.71. The number of hydrogen-bond donors (Lipinski definition) is 3. The van der Waals surface area contributed by atoms with Crippen LogP contribution in [0.5, 0.6) is 11.5 Å². The molecule has 4 N–H and O–H groups in total. The first kappa shape index (κ1) is 14.7. The molecule has 20 heavy (non-hydrogen) atoms. The Morgan fingerprint density at radius 1 is 1.30 bits per heavy atom. The molecule has 2 rings (SSSR count). The third kappa shape index (κ3) is 3.22. The molecule has 0 bridgehead atoms. The summed E-state index contributed by atoms with van der Waals surface area (Å²) in [6, 6.07) is 3.87. The van der Waals surface area contributed by atoms with Gasteiger partial charge >= 0.3 is 5.97 Å². The lowest BCUT2D eigenvalue weighted by atomic mass is 9.83. The minimum atomic E-state index is -0.560. The summed E-state index contributed by atoms with van der Waals surface area (Å²) in [6.45, 7) is 5.93. The van der Waals surface area contributed by atoms with Crippen LogP contribution in [0, 0.1) is 5.92 Å². The van der Waals surface area contributed by atoms with Crippen LogP contribution < -0.4 is 5.32 Å². The molecule has 1 aromatic rings. The van der Waals surface area contributed by atoms with Gasteiger partial charge in [-0.2, -0.15) is 0 Å². The average molecular weight is 280 g/mol. The van der Waals surface area contributed by atoms with E-state index < -0.39 is 11.6 Å². The first-order valence-corrected chi connectivity index (χ1v) is 6.97. The van der Waals surface area contributed by atoms with Gasteiger partial charge in [-0.25, -0.2) is 4.79 Å². The number of carbonyl (C=O) groups is 1. The maximum absolute atomic E-state index is 12.2. The number of phenolic OH excluding ortho intramolecular Hbond substituents is 2. The molecule has 1 aliphatic heterocycles. The maximum atomic E-state index is 12.2. The second-order valence-corrected chi connectivity index (χ2v) is 5.83. The highest BCUT2D eigenvalue weighted by Crippen LogP contribution is 2.30. The van der Waals surface area contributed by atoms with E-state index >= 15 is 0 Å². The van der Waals surface area contributed by atoms with Crippen molar-refractivity contribution in [2.45, 2.75) is 32.3 Å². The Bertz CT molecular complexity index is 493. The molecular weight excluding hydrogens is 258 g/mol. The zero-order valence-electron chi connectivity index (χ0n) is 11.9. The number of esters is 1. The van der Waals surface area contributed by atoms with E-state index in [0.717, 1.165) is 32.0 Å². The minimum Gasteiger partial charge on any atom is -0.508 e. The number of piperidine rings is 1. The van der Waals surface area contributed by atoms with E-state index in [-0.39, 0.29) is 17.1 Å². The molecule has 0 saturated carbocycles. The zero-order valence-corrected chi connectivity index (χ0v) is 11.9. The standard InChI is InChI=1S/C15H21NO4/c1-15(2,10-5-7-16-8-6-10)20-14(19)12-4-3-11(17)9-13(12)18/h3-4,9-10,16-18H,5-8H2,1-2H3/p+1. The van der Waals surface area contributed by atoms with E-state index in [4.69, 9.17) is 4.74 Å². The third-order valence-corrected chi connectivity index (χ3v) is 3.98. The fourth-order valence-corrected chi connectivity index (χ4v) is 2.69. The topological polar surface area (TPSA) is 83.4 Å². The number of hydrogen-bond acceptors (Lipinski definition) is 4. The van der Waals surface area contributed by atoms with Crippen molar-refractivity contribution in [1.29, 1.82) is 0 Å². The molecule has 0 radical (unpaired) electrons. The largest absolute Gasteiger partial charge is 0.508 e. The smallest absolute Gasteiger partial charge is 0.342 e. The molecule has 0 amide bonds. The minimum absolute atomic E-state index is 0.0817. The summed E-state index contributed by atoms with van der Waals surface area (Å²) in [7, 11) is 0. The van der Waals surface area contributed by atoms with E-state index in [1.165, 1.54) is 12.1 Å². The van der Waals surface area contributed by atoms with Gasteiger partial charge in [0.2, 0.25) is 0 Å². The molecule has 1 heterocycles. The predicted octanol–water partition coefficient (Wildman–Crippen LogP) is 1.01. The summed E-state index contributed by atoms with van der Waals surface area (Å²) in [6.07, 6.45) is 2.03. The van der Waals surface area contributed by atoms with Crippen LogP contribution in [0.25, 0.3) is 0 Å². The van der Waals surface area contributed by atoms with E-state index in [1.807, 2.05) is 13.8 Å². The van der Waals surface area contributed by atoms with Crippen LogP contribution in [0.4, 0.5) is 0 Å². The van der Waals surface area contributed by atoms with Crippen LogP contribution in [0.1, 0.15) is 37.0 Å². The van der Waals surface area contributed by atoms with Gasteiger partial charge in [-0.1, -0.05) is 0 Å². The van der Waals surface area contributed by atoms with E-state index in [2.05, 4.69) is 5.32 Å². The number of rotatable bonds is 3. The number of aromatic hydroxyl groups is 2. The Labute approximate surface area is 118 Å². The predicted molar refractivity (Wildman–Crippen MR) is 73.6 cm³/mol. The van der Waals surface area contributed by atoms with Crippen molar-refractivity contribution in [2.75, 3.05) is 13.1 Å². The van der Waals surface area contributed by atoms with Crippen molar-refractivity contribution in [2.24, 2.45) is 5.92 Å². The molecule has 1 saturated heterocycles. The van der Waals surface area contributed by atoms with Gasteiger partial charge in [0.25, 0.3) is 0 Å². The normalized spacial score (nSPS) is 16.9. The van der Waals surface area contributed by atoms with E-state index in [1.54, 1.807) is 0 Å². The van der Waals surface area contributed by atoms with Crippen molar-refractivity contribution in [3.05, 3.63) is 23.8 Å². The van der Waals surface area contributed by atoms with E-state index in [0.29, 0.717) is 5.92 Å². The molecule has 0 atom stereocenters. The van der Waals surface area contributed by atoms with Crippen LogP contribution in [0.15, 0.2) is 18.2 Å². The Morgan fingerprint density at radius 2 is 1.95 bits per heavy atom. The van der Waals surface area contributed by atoms with Crippen LogP contribution in [0.3, 0.4) is 0 Å². The molecule has 0 unspecified atom stereocenters. The van der Waals surface area contributed by atoms with Gasteiger partial charge in [-0.05, 0) is 26.0 Å². The van der Waals surface area contributed by atoms with Crippen LogP contribution in [-0.2, 0) is 4.74 Å². The van der Waals surface area contributed by atoms with Crippen molar-refractivity contribution in [1.82, 2.24) is 0 Å². The Balaban J connectivity index is 2.09. The number of carbonyl (C=O) groups excluding carboxylic acids is 1. The molecule has 5 nitrogen and oxygen atoms in total. The number of quaternary nitrogens is 1. The number of benzene rings is 1. The van der Waals surface area contributed by atoms with Crippen molar-refractivity contribution in [3.8, 4) is 11.5 Å². The number of phenols is 2. The lowest BCUT2D eigenvalue weighted by Gasteiger charge is -2.35. The fraction of sp³-hybridized carbons (Fsp3) is 0.533. The van der Waals surface area contributed by atoms with Crippen LogP contribution in [0.2, 0.25) is 0 Å². The van der Waals surface area contributed by atoms with Gasteiger partial charge in [-0.3, -0.25) is 0 Å². The summed E-state index contributed by atoms with van der Waals surface area (Å²) >= 11 is 0. The summed E-state index contributed by atoms with van der Waals surface area (Å²) < 4.78 is 5.59. The molecular formula is C15H22NO4+. The first-order valence-electron chi connectivity index (χ1n) is 6.97. The summed E-state index contributed by atoms with van der Waals surface area (Å²) in [5.74, 6) is -0.568. The van der Waals surface area contributed by atoms with E-state index in [9.17, 15) is 15.0 Å². The highest BCUT2D eigenvalue weighted by Gasteiger charge is 2.36. The third-order valence-electron chi connectivity index (χ3n) is 3.98. The van der Waals surface area contributed by atoms with Crippen molar-refractivity contribution >= 4 is 5.97 Å². The monoisotopic (exact) mass is 280 g/mol. The number of ether oxygens (including phenoxy) is 1. The highest BCUT2D eigenvalue weighted by molar-refractivity contribution is 5.92. The number of nitrogens with two attached hydrogens (primary N) is 1. The molecule has 1 aliphatic rings. The SMILES string of the molecule is CC(C)(OC(=O)c1ccc(O)cc1O)C1CC[NH2+]CC1. The summed E-state index contributed by atoms with van der Waals surface area (Å²) in [5, 5.41) is 21.2. The van der Waals surface area contributed by atoms with Crippen LogP contribution >= 0.6 is 0 Å². The zero-order chi connectivity index (χ0) is 14.8. The molecule has 1 aromatic carbocycles. The molecule has 0 spiro atoms. The van der Waals surface area contributed by atoms with Gasteiger partial charge in [0, 0.05) is 24.8 Å². The molecule has 5 heteroatoms. The van der Waals surface area contributed by atoms with Crippen molar-refractivity contribution < 1.29 is 25.1 Å². The lowest BCUT2D eigenvalue weighted by molar-refractivity contribution is -0.665. The molecule has 0 aromatic heterocycles.